The molecule has 2 aromatic rings. The van der Waals surface area contributed by atoms with Crippen LogP contribution in [0.4, 0.5) is 0 Å². The molecule has 1 heterocycles. The maximum atomic E-state index is 10.8. The molecule has 0 atom stereocenters. The van der Waals surface area contributed by atoms with E-state index in [1.54, 1.807) is 18.2 Å². The Morgan fingerprint density at radius 3 is 2.71 bits per heavy atom. The van der Waals surface area contributed by atoms with Crippen molar-refractivity contribution >= 4 is 29.2 Å². The van der Waals surface area contributed by atoms with E-state index in [2.05, 4.69) is 9.97 Å². The lowest BCUT2D eigenvalue weighted by Gasteiger charge is -2.04. The molecular weight excluding hydrogens is 263 g/mol. The molecule has 1 aromatic carbocycles. The van der Waals surface area contributed by atoms with Gasteiger partial charge in [-0.2, -0.15) is 0 Å². The summed E-state index contributed by atoms with van der Waals surface area (Å²) in [7, 11) is 0. The lowest BCUT2D eigenvalue weighted by molar-refractivity contribution is 0.0690. The SMILES string of the molecule is O=C(O)c1ccnc(-c2cccc(Cl)c2Cl)n1. The average molecular weight is 269 g/mol. The van der Waals surface area contributed by atoms with Crippen LogP contribution in [0.2, 0.25) is 10.0 Å². The summed E-state index contributed by atoms with van der Waals surface area (Å²) in [6.07, 6.45) is 1.36. The first-order valence-corrected chi connectivity index (χ1v) is 5.36. The van der Waals surface area contributed by atoms with Crippen molar-refractivity contribution in [2.24, 2.45) is 0 Å². The third kappa shape index (κ3) is 2.38. The lowest BCUT2D eigenvalue weighted by Crippen LogP contribution is -2.02. The van der Waals surface area contributed by atoms with Gasteiger partial charge in [-0.05, 0) is 18.2 Å². The summed E-state index contributed by atoms with van der Waals surface area (Å²) in [5.41, 5.74) is 0.410. The standard InChI is InChI=1S/C11H6Cl2N2O2/c12-7-3-1-2-6(9(7)13)10-14-5-4-8(15-10)11(16)17/h1-5H,(H,16,17). The van der Waals surface area contributed by atoms with Crippen molar-refractivity contribution in [1.29, 1.82) is 0 Å². The Morgan fingerprint density at radius 1 is 1.24 bits per heavy atom. The molecule has 0 aliphatic rings. The van der Waals surface area contributed by atoms with Gasteiger partial charge >= 0.3 is 5.97 Å². The minimum absolute atomic E-state index is 0.0916. The quantitative estimate of drug-likeness (QED) is 0.909. The zero-order valence-corrected chi connectivity index (χ0v) is 9.90. The summed E-state index contributed by atoms with van der Waals surface area (Å²) < 4.78 is 0. The molecule has 0 fully saturated rings. The van der Waals surface area contributed by atoms with Crippen LogP contribution in [0.25, 0.3) is 11.4 Å². The fraction of sp³-hybridized carbons (Fsp3) is 0. The molecule has 86 valence electrons. The molecule has 1 aromatic heterocycles. The number of aromatic carboxylic acids is 1. The molecule has 4 nitrogen and oxygen atoms in total. The Morgan fingerprint density at radius 2 is 2.00 bits per heavy atom. The minimum atomic E-state index is -1.12. The van der Waals surface area contributed by atoms with Crippen molar-refractivity contribution in [3.63, 3.8) is 0 Å². The first kappa shape index (κ1) is 11.8. The second kappa shape index (κ2) is 4.69. The summed E-state index contributed by atoms with van der Waals surface area (Å²) in [4.78, 5) is 18.7. The van der Waals surface area contributed by atoms with Crippen LogP contribution in [-0.2, 0) is 0 Å². The summed E-state index contributed by atoms with van der Waals surface area (Å²) in [6, 6.07) is 6.31. The van der Waals surface area contributed by atoms with Crippen molar-refractivity contribution in [2.75, 3.05) is 0 Å². The van der Waals surface area contributed by atoms with E-state index >= 15 is 0 Å². The first-order chi connectivity index (χ1) is 8.09. The first-order valence-electron chi connectivity index (χ1n) is 4.60. The molecule has 0 amide bonds. The molecule has 0 aliphatic heterocycles. The number of carboxylic acids is 1. The highest BCUT2D eigenvalue weighted by atomic mass is 35.5. The normalized spacial score (nSPS) is 10.2. The Balaban J connectivity index is 2.57. The smallest absolute Gasteiger partial charge is 0.354 e. The van der Waals surface area contributed by atoms with Crippen molar-refractivity contribution < 1.29 is 9.90 Å². The number of carbonyl (C=O) groups is 1. The third-order valence-electron chi connectivity index (χ3n) is 2.07. The van der Waals surface area contributed by atoms with E-state index in [9.17, 15) is 4.79 Å². The second-order valence-electron chi connectivity index (χ2n) is 3.17. The number of halogens is 2. The summed E-state index contributed by atoms with van der Waals surface area (Å²) in [6.45, 7) is 0. The molecular formula is C11H6Cl2N2O2. The van der Waals surface area contributed by atoms with Crippen molar-refractivity contribution in [3.8, 4) is 11.4 Å². The molecule has 0 bridgehead atoms. The maximum Gasteiger partial charge on any atom is 0.354 e. The van der Waals surface area contributed by atoms with Crippen LogP contribution in [0, 0.1) is 0 Å². The molecule has 0 saturated heterocycles. The predicted octanol–water partition coefficient (Wildman–Crippen LogP) is 3.15. The van der Waals surface area contributed by atoms with Gasteiger partial charge in [0.05, 0.1) is 10.0 Å². The van der Waals surface area contributed by atoms with Crippen molar-refractivity contribution in [1.82, 2.24) is 9.97 Å². The Kier molecular flexibility index (Phi) is 3.26. The highest BCUT2D eigenvalue weighted by Crippen LogP contribution is 2.31. The molecule has 0 radical (unpaired) electrons. The molecule has 1 N–H and O–H groups in total. The predicted molar refractivity (Wildman–Crippen MR) is 64.4 cm³/mol. The average Bonchev–Trinajstić information content (AvgIpc) is 2.33. The summed E-state index contributed by atoms with van der Waals surface area (Å²) in [5.74, 6) is -0.885. The second-order valence-corrected chi connectivity index (χ2v) is 3.96. The van der Waals surface area contributed by atoms with Crippen LogP contribution in [0.15, 0.2) is 30.5 Å². The minimum Gasteiger partial charge on any atom is -0.477 e. The van der Waals surface area contributed by atoms with Crippen LogP contribution >= 0.6 is 23.2 Å². The van der Waals surface area contributed by atoms with Gasteiger partial charge in [0, 0.05) is 11.8 Å². The van der Waals surface area contributed by atoms with E-state index in [-0.39, 0.29) is 11.5 Å². The van der Waals surface area contributed by atoms with E-state index in [0.29, 0.717) is 15.6 Å². The molecule has 0 saturated carbocycles. The molecule has 0 aliphatic carbocycles. The Bertz CT molecular complexity index is 587. The van der Waals surface area contributed by atoms with Crippen LogP contribution in [0.5, 0.6) is 0 Å². The zero-order valence-electron chi connectivity index (χ0n) is 8.39. The van der Waals surface area contributed by atoms with Gasteiger partial charge in [-0.15, -0.1) is 0 Å². The van der Waals surface area contributed by atoms with Crippen molar-refractivity contribution in [3.05, 3.63) is 46.2 Å². The molecule has 0 unspecified atom stereocenters. The highest BCUT2D eigenvalue weighted by Gasteiger charge is 2.12. The highest BCUT2D eigenvalue weighted by molar-refractivity contribution is 6.43. The molecule has 0 spiro atoms. The zero-order chi connectivity index (χ0) is 12.4. The fourth-order valence-electron chi connectivity index (χ4n) is 1.28. The van der Waals surface area contributed by atoms with E-state index in [1.165, 1.54) is 12.3 Å². The maximum absolute atomic E-state index is 10.8. The lowest BCUT2D eigenvalue weighted by atomic mass is 10.2. The van der Waals surface area contributed by atoms with E-state index < -0.39 is 5.97 Å². The number of rotatable bonds is 2. The number of aromatic nitrogens is 2. The molecule has 6 heteroatoms. The molecule has 2 rings (SSSR count). The Labute approximate surface area is 107 Å². The number of hydrogen-bond acceptors (Lipinski definition) is 3. The van der Waals surface area contributed by atoms with Crippen molar-refractivity contribution in [2.45, 2.75) is 0 Å². The van der Waals surface area contributed by atoms with Gasteiger partial charge in [0.15, 0.2) is 11.5 Å². The van der Waals surface area contributed by atoms with Gasteiger partial charge in [-0.3, -0.25) is 0 Å². The van der Waals surface area contributed by atoms with Crippen LogP contribution in [0.3, 0.4) is 0 Å². The van der Waals surface area contributed by atoms with Gasteiger partial charge in [-0.25, -0.2) is 14.8 Å². The number of benzene rings is 1. The topological polar surface area (TPSA) is 63.1 Å². The van der Waals surface area contributed by atoms with Crippen LogP contribution in [0.1, 0.15) is 10.5 Å². The summed E-state index contributed by atoms with van der Waals surface area (Å²) in [5, 5.41) is 9.50. The monoisotopic (exact) mass is 268 g/mol. The van der Waals surface area contributed by atoms with E-state index in [1.807, 2.05) is 0 Å². The van der Waals surface area contributed by atoms with E-state index in [4.69, 9.17) is 28.3 Å². The van der Waals surface area contributed by atoms with Gasteiger partial charge in [0.25, 0.3) is 0 Å². The van der Waals surface area contributed by atoms with Crippen LogP contribution in [-0.4, -0.2) is 21.0 Å². The third-order valence-corrected chi connectivity index (χ3v) is 2.89. The van der Waals surface area contributed by atoms with Gasteiger partial charge in [0.1, 0.15) is 0 Å². The largest absolute Gasteiger partial charge is 0.477 e. The van der Waals surface area contributed by atoms with Gasteiger partial charge in [-0.1, -0.05) is 29.3 Å². The summed E-state index contributed by atoms with van der Waals surface area (Å²) >= 11 is 11.9. The number of carboxylic acid groups (broad SMARTS) is 1. The Hall–Kier alpha value is -1.65. The number of hydrogen-bond donors (Lipinski definition) is 1. The van der Waals surface area contributed by atoms with Crippen LogP contribution < -0.4 is 0 Å². The fourth-order valence-corrected chi connectivity index (χ4v) is 1.67. The van der Waals surface area contributed by atoms with Gasteiger partial charge in [0.2, 0.25) is 0 Å². The number of nitrogens with zero attached hydrogens (tertiary/aromatic N) is 2. The van der Waals surface area contributed by atoms with E-state index in [0.717, 1.165) is 0 Å². The molecule has 17 heavy (non-hydrogen) atoms. The van der Waals surface area contributed by atoms with Gasteiger partial charge < -0.3 is 5.11 Å².